The summed E-state index contributed by atoms with van der Waals surface area (Å²) in [6.07, 6.45) is 0. The van der Waals surface area contributed by atoms with Crippen molar-refractivity contribution < 1.29 is 4.79 Å². The molecule has 0 unspecified atom stereocenters. The van der Waals surface area contributed by atoms with Crippen LogP contribution in [-0.2, 0) is 7.05 Å². The number of benzene rings is 2. The highest BCUT2D eigenvalue weighted by Crippen LogP contribution is 2.27. The minimum absolute atomic E-state index is 0.0780. The Morgan fingerprint density at radius 3 is 2.38 bits per heavy atom. The molecule has 0 saturated heterocycles. The molecule has 164 valence electrons. The van der Waals surface area contributed by atoms with E-state index >= 15 is 0 Å². The molecule has 32 heavy (non-hydrogen) atoms. The molecule has 0 bridgehead atoms. The van der Waals surface area contributed by atoms with Crippen molar-refractivity contribution in [1.82, 2.24) is 19.3 Å². The lowest BCUT2D eigenvalue weighted by Crippen LogP contribution is -2.06. The maximum atomic E-state index is 13.1. The Balaban J connectivity index is 1.53. The van der Waals surface area contributed by atoms with Crippen molar-refractivity contribution in [3.8, 4) is 17.1 Å². The Morgan fingerprint density at radius 1 is 0.969 bits per heavy atom. The Hall–Kier alpha value is -2.83. The summed E-state index contributed by atoms with van der Waals surface area (Å²) in [6.45, 7) is 8.24. The van der Waals surface area contributed by atoms with Crippen molar-refractivity contribution in [2.75, 3.05) is 5.75 Å². The van der Waals surface area contributed by atoms with Crippen molar-refractivity contribution in [3.05, 3.63) is 81.6 Å². The van der Waals surface area contributed by atoms with Gasteiger partial charge >= 0.3 is 0 Å². The molecule has 0 fully saturated rings. The maximum absolute atomic E-state index is 13.1. The molecular formula is C25H25ClN4OS. The lowest BCUT2D eigenvalue weighted by Gasteiger charge is -2.12. The molecule has 5 nitrogen and oxygen atoms in total. The Kier molecular flexibility index (Phi) is 6.26. The van der Waals surface area contributed by atoms with Gasteiger partial charge in [0.25, 0.3) is 0 Å². The lowest BCUT2D eigenvalue weighted by atomic mass is 10.1. The number of rotatable bonds is 6. The van der Waals surface area contributed by atoms with E-state index in [9.17, 15) is 4.79 Å². The highest BCUT2D eigenvalue weighted by atomic mass is 35.5. The summed E-state index contributed by atoms with van der Waals surface area (Å²) in [4.78, 5) is 13.1. The average Bonchev–Trinajstić information content (AvgIpc) is 3.28. The summed E-state index contributed by atoms with van der Waals surface area (Å²) in [5, 5.41) is 9.94. The van der Waals surface area contributed by atoms with Gasteiger partial charge in [-0.1, -0.05) is 29.4 Å². The van der Waals surface area contributed by atoms with Crippen LogP contribution in [0.15, 0.2) is 53.7 Å². The first-order chi connectivity index (χ1) is 15.3. The Labute approximate surface area is 197 Å². The van der Waals surface area contributed by atoms with Gasteiger partial charge in [-0.05, 0) is 81.3 Å². The monoisotopic (exact) mass is 464 g/mol. The molecule has 0 saturated carbocycles. The van der Waals surface area contributed by atoms with Crippen molar-refractivity contribution in [2.45, 2.75) is 32.9 Å². The second-order valence-corrected chi connectivity index (χ2v) is 9.35. The quantitative estimate of drug-likeness (QED) is 0.254. The molecule has 2 aromatic heterocycles. The first-order valence-corrected chi connectivity index (χ1v) is 11.7. The van der Waals surface area contributed by atoms with Crippen LogP contribution in [0, 0.1) is 27.7 Å². The third-order valence-electron chi connectivity index (χ3n) is 5.75. The number of nitrogens with zero attached hydrogens (tertiary/aromatic N) is 4. The molecule has 4 aromatic rings. The zero-order valence-corrected chi connectivity index (χ0v) is 20.4. The van der Waals surface area contributed by atoms with Crippen LogP contribution < -0.4 is 0 Å². The molecule has 0 spiro atoms. The summed E-state index contributed by atoms with van der Waals surface area (Å²) in [5.74, 6) is 1.11. The molecule has 2 heterocycles. The molecule has 0 aliphatic heterocycles. The predicted octanol–water partition coefficient (Wildman–Crippen LogP) is 6.13. The van der Waals surface area contributed by atoms with E-state index in [-0.39, 0.29) is 5.78 Å². The highest BCUT2D eigenvalue weighted by molar-refractivity contribution is 7.99. The van der Waals surface area contributed by atoms with Gasteiger partial charge in [0, 0.05) is 40.3 Å². The number of hydrogen-bond donors (Lipinski definition) is 0. The number of hydrogen-bond acceptors (Lipinski definition) is 4. The van der Waals surface area contributed by atoms with Crippen LogP contribution in [-0.4, -0.2) is 30.9 Å². The molecule has 0 aliphatic rings. The Bertz CT molecular complexity index is 1300. The minimum Gasteiger partial charge on any atom is -0.318 e. The third kappa shape index (κ3) is 4.25. The normalized spacial score (nSPS) is 11.2. The molecule has 0 aliphatic carbocycles. The smallest absolute Gasteiger partial charge is 0.191 e. The van der Waals surface area contributed by atoms with Gasteiger partial charge in [0.2, 0.25) is 0 Å². The SMILES string of the molecule is Cc1ccc(-n2c(C)cc(C(=O)CSc3nnc(-c4ccc(Cl)cc4)n3C)c2C)cc1C. The molecule has 7 heteroatoms. The molecule has 2 aromatic carbocycles. The van der Waals surface area contributed by atoms with Gasteiger partial charge in [0.1, 0.15) is 0 Å². The van der Waals surface area contributed by atoms with E-state index in [1.807, 2.05) is 55.8 Å². The number of aryl methyl sites for hydroxylation is 3. The van der Waals surface area contributed by atoms with E-state index in [0.29, 0.717) is 15.9 Å². The van der Waals surface area contributed by atoms with Crippen molar-refractivity contribution in [3.63, 3.8) is 0 Å². The van der Waals surface area contributed by atoms with Crippen LogP contribution in [0.25, 0.3) is 17.1 Å². The molecule has 0 radical (unpaired) electrons. The van der Waals surface area contributed by atoms with Crippen LogP contribution in [0.5, 0.6) is 0 Å². The average molecular weight is 465 g/mol. The lowest BCUT2D eigenvalue weighted by molar-refractivity contribution is 0.102. The van der Waals surface area contributed by atoms with E-state index in [1.165, 1.54) is 22.9 Å². The maximum Gasteiger partial charge on any atom is 0.191 e. The summed E-state index contributed by atoms with van der Waals surface area (Å²) in [7, 11) is 1.91. The number of aromatic nitrogens is 4. The summed E-state index contributed by atoms with van der Waals surface area (Å²) in [6, 6.07) is 15.8. The molecule has 4 rings (SSSR count). The van der Waals surface area contributed by atoms with Crippen LogP contribution in [0.2, 0.25) is 5.02 Å². The number of carbonyl (C=O) groups is 1. The van der Waals surface area contributed by atoms with E-state index in [4.69, 9.17) is 11.6 Å². The molecule has 0 atom stereocenters. The Morgan fingerprint density at radius 2 is 1.69 bits per heavy atom. The first kappa shape index (κ1) is 22.4. The first-order valence-electron chi connectivity index (χ1n) is 10.3. The zero-order chi connectivity index (χ0) is 23.0. The van der Waals surface area contributed by atoms with Crippen LogP contribution in [0.4, 0.5) is 0 Å². The minimum atomic E-state index is 0.0780. The second kappa shape index (κ2) is 8.96. The van der Waals surface area contributed by atoms with E-state index in [2.05, 4.69) is 46.8 Å². The van der Waals surface area contributed by atoms with Gasteiger partial charge in [0.05, 0.1) is 5.75 Å². The summed E-state index contributed by atoms with van der Waals surface area (Å²) >= 11 is 7.38. The topological polar surface area (TPSA) is 52.7 Å². The standard InChI is InChI=1S/C25H25ClN4OS/c1-15-6-11-21(12-16(15)2)30-17(3)13-22(18(30)4)23(31)14-32-25-28-27-24(29(25)5)19-7-9-20(26)10-8-19/h6-13H,14H2,1-5H3. The van der Waals surface area contributed by atoms with E-state index < -0.39 is 0 Å². The number of Topliss-reactive ketones (excluding diaryl/α,β-unsaturated/α-hetero) is 1. The number of halogens is 1. The second-order valence-electron chi connectivity index (χ2n) is 7.97. The fourth-order valence-corrected chi connectivity index (χ4v) is 4.73. The van der Waals surface area contributed by atoms with Gasteiger partial charge in [-0.2, -0.15) is 0 Å². The van der Waals surface area contributed by atoms with E-state index in [0.717, 1.165) is 34.0 Å². The summed E-state index contributed by atoms with van der Waals surface area (Å²) in [5.41, 5.74) is 7.24. The molecule has 0 amide bonds. The predicted molar refractivity (Wildman–Crippen MR) is 131 cm³/mol. The fourth-order valence-electron chi connectivity index (χ4n) is 3.81. The number of ketones is 1. The fraction of sp³-hybridized carbons (Fsp3) is 0.240. The van der Waals surface area contributed by atoms with Gasteiger partial charge in [-0.25, -0.2) is 0 Å². The number of thioether (sulfide) groups is 1. The van der Waals surface area contributed by atoms with Gasteiger partial charge in [0.15, 0.2) is 16.8 Å². The van der Waals surface area contributed by atoms with Crippen LogP contribution in [0.3, 0.4) is 0 Å². The van der Waals surface area contributed by atoms with Gasteiger partial charge < -0.3 is 9.13 Å². The van der Waals surface area contributed by atoms with Crippen molar-refractivity contribution in [2.24, 2.45) is 7.05 Å². The largest absolute Gasteiger partial charge is 0.318 e. The molecular weight excluding hydrogens is 440 g/mol. The van der Waals surface area contributed by atoms with Crippen molar-refractivity contribution >= 4 is 29.1 Å². The summed E-state index contributed by atoms with van der Waals surface area (Å²) < 4.78 is 4.05. The molecule has 0 N–H and O–H groups in total. The van der Waals surface area contributed by atoms with Gasteiger partial charge in [-0.3, -0.25) is 4.79 Å². The van der Waals surface area contributed by atoms with E-state index in [1.54, 1.807) is 0 Å². The zero-order valence-electron chi connectivity index (χ0n) is 18.8. The van der Waals surface area contributed by atoms with Gasteiger partial charge in [-0.15, -0.1) is 10.2 Å². The van der Waals surface area contributed by atoms with Crippen LogP contribution >= 0.6 is 23.4 Å². The third-order valence-corrected chi connectivity index (χ3v) is 7.02. The highest BCUT2D eigenvalue weighted by Gasteiger charge is 2.19. The van der Waals surface area contributed by atoms with Crippen LogP contribution in [0.1, 0.15) is 32.9 Å². The number of carbonyl (C=O) groups excluding carboxylic acids is 1. The van der Waals surface area contributed by atoms with Crippen molar-refractivity contribution in [1.29, 1.82) is 0 Å².